The molecule has 0 radical (unpaired) electrons. The van der Waals surface area contributed by atoms with E-state index in [1.54, 1.807) is 11.1 Å². The Morgan fingerprint density at radius 1 is 0.875 bits per heavy atom. The smallest absolute Gasteiger partial charge is 0.264 e. The lowest BCUT2D eigenvalue weighted by molar-refractivity contribution is 0.324. The van der Waals surface area contributed by atoms with Crippen molar-refractivity contribution >= 4 is 31.9 Å². The first-order chi connectivity index (χ1) is 11.5. The van der Waals surface area contributed by atoms with E-state index in [4.69, 9.17) is 4.55 Å². The largest absolute Gasteiger partial charge is 0.397 e. The van der Waals surface area contributed by atoms with Crippen LogP contribution < -0.4 is 0 Å². The highest BCUT2D eigenvalue weighted by molar-refractivity contribution is 7.80. The first kappa shape index (κ1) is 16.9. The van der Waals surface area contributed by atoms with E-state index in [0.717, 1.165) is 7.11 Å². The van der Waals surface area contributed by atoms with E-state index >= 15 is 0 Å². The Balaban J connectivity index is 0.000000246. The minimum Gasteiger partial charge on any atom is -0.264 e. The van der Waals surface area contributed by atoms with Gasteiger partial charge in [0.25, 0.3) is 0 Å². The third-order valence-electron chi connectivity index (χ3n) is 4.47. The van der Waals surface area contributed by atoms with Crippen molar-refractivity contribution in [3.8, 4) is 0 Å². The van der Waals surface area contributed by atoms with Crippen molar-refractivity contribution in [3.63, 3.8) is 0 Å². The van der Waals surface area contributed by atoms with Gasteiger partial charge in [0, 0.05) is 0 Å². The molecule has 3 aromatic rings. The van der Waals surface area contributed by atoms with Gasteiger partial charge in [-0.05, 0) is 58.4 Å². The molecule has 0 saturated heterocycles. The van der Waals surface area contributed by atoms with Crippen LogP contribution in [0.1, 0.15) is 24.0 Å². The van der Waals surface area contributed by atoms with E-state index in [1.165, 1.54) is 47.2 Å². The van der Waals surface area contributed by atoms with E-state index < -0.39 is 10.4 Å². The molecular weight excluding hydrogens is 324 g/mol. The van der Waals surface area contributed by atoms with Crippen LogP contribution in [0.15, 0.2) is 48.5 Å². The fourth-order valence-corrected chi connectivity index (χ4v) is 3.34. The third kappa shape index (κ3) is 3.59. The molecular formula is C19H20O4S. The lowest BCUT2D eigenvalue weighted by atomic mass is 9.86. The van der Waals surface area contributed by atoms with Crippen molar-refractivity contribution in [2.45, 2.75) is 25.7 Å². The van der Waals surface area contributed by atoms with Crippen LogP contribution in [0.25, 0.3) is 21.5 Å². The predicted octanol–water partition coefficient (Wildman–Crippen LogP) is 4.31. The quantitative estimate of drug-likeness (QED) is 0.528. The third-order valence-corrected chi connectivity index (χ3v) is 4.89. The number of hydrogen-bond donors (Lipinski definition) is 1. The van der Waals surface area contributed by atoms with Crippen molar-refractivity contribution in [3.05, 3.63) is 59.7 Å². The Morgan fingerprint density at radius 2 is 1.54 bits per heavy atom. The highest BCUT2D eigenvalue weighted by atomic mass is 32.3. The fourth-order valence-electron chi connectivity index (χ4n) is 3.34. The first-order valence-corrected chi connectivity index (χ1v) is 9.31. The molecule has 126 valence electrons. The zero-order valence-electron chi connectivity index (χ0n) is 13.5. The summed E-state index contributed by atoms with van der Waals surface area (Å²) in [6, 6.07) is 18.0. The first-order valence-electron chi connectivity index (χ1n) is 7.95. The monoisotopic (exact) mass is 344 g/mol. The minimum atomic E-state index is -4.16. The molecule has 1 aliphatic rings. The van der Waals surface area contributed by atoms with Crippen molar-refractivity contribution in [2.75, 3.05) is 7.11 Å². The van der Waals surface area contributed by atoms with Crippen LogP contribution in [-0.2, 0) is 27.4 Å². The molecule has 0 fully saturated rings. The van der Waals surface area contributed by atoms with Crippen molar-refractivity contribution in [1.82, 2.24) is 0 Å². The van der Waals surface area contributed by atoms with Gasteiger partial charge >= 0.3 is 10.4 Å². The van der Waals surface area contributed by atoms with Crippen LogP contribution in [0.4, 0.5) is 0 Å². The van der Waals surface area contributed by atoms with E-state index in [-0.39, 0.29) is 0 Å². The summed E-state index contributed by atoms with van der Waals surface area (Å²) in [6.45, 7) is 0. The lowest BCUT2D eigenvalue weighted by Gasteiger charge is -2.18. The molecule has 3 aromatic carbocycles. The summed E-state index contributed by atoms with van der Waals surface area (Å²) in [6.07, 6.45) is 5.22. The molecule has 24 heavy (non-hydrogen) atoms. The molecule has 0 spiro atoms. The molecule has 0 heterocycles. The SMILES string of the molecule is COS(=O)(=O)O.c1ccc2c(c1)ccc1c3c(ccc12)CCCC3. The molecule has 0 unspecified atom stereocenters. The average molecular weight is 344 g/mol. The number of fused-ring (bicyclic) bond motifs is 5. The highest BCUT2D eigenvalue weighted by Crippen LogP contribution is 2.33. The molecule has 1 aliphatic carbocycles. The molecule has 4 rings (SSSR count). The normalized spacial score (nSPS) is 14.1. The van der Waals surface area contributed by atoms with Crippen LogP contribution >= 0.6 is 0 Å². The summed E-state index contributed by atoms with van der Waals surface area (Å²) < 4.78 is 29.7. The van der Waals surface area contributed by atoms with Crippen LogP contribution in [0.3, 0.4) is 0 Å². The summed E-state index contributed by atoms with van der Waals surface area (Å²) in [4.78, 5) is 0. The number of benzene rings is 3. The van der Waals surface area contributed by atoms with Gasteiger partial charge in [-0.1, -0.05) is 48.5 Å². The van der Waals surface area contributed by atoms with Gasteiger partial charge < -0.3 is 0 Å². The number of rotatable bonds is 1. The Morgan fingerprint density at radius 3 is 2.29 bits per heavy atom. The predicted molar refractivity (Wildman–Crippen MR) is 96.7 cm³/mol. The summed E-state index contributed by atoms with van der Waals surface area (Å²) in [5.74, 6) is 0. The summed E-state index contributed by atoms with van der Waals surface area (Å²) in [5, 5.41) is 5.64. The molecule has 0 aromatic heterocycles. The summed E-state index contributed by atoms with van der Waals surface area (Å²) in [7, 11) is -3.29. The fraction of sp³-hybridized carbons (Fsp3) is 0.263. The summed E-state index contributed by atoms with van der Waals surface area (Å²) in [5.41, 5.74) is 3.17. The van der Waals surface area contributed by atoms with Crippen LogP contribution in [0.2, 0.25) is 0 Å². The molecule has 4 nitrogen and oxygen atoms in total. The highest BCUT2D eigenvalue weighted by Gasteiger charge is 2.13. The maximum absolute atomic E-state index is 9.33. The van der Waals surface area contributed by atoms with Gasteiger partial charge in [-0.15, -0.1) is 0 Å². The second-order valence-corrected chi connectivity index (χ2v) is 7.08. The molecule has 0 atom stereocenters. The Hall–Kier alpha value is -1.95. The van der Waals surface area contributed by atoms with Crippen molar-refractivity contribution in [1.29, 1.82) is 0 Å². The molecule has 0 aliphatic heterocycles. The van der Waals surface area contributed by atoms with Gasteiger partial charge in [-0.2, -0.15) is 8.42 Å². The van der Waals surface area contributed by atoms with Gasteiger partial charge in [-0.25, -0.2) is 0 Å². The molecule has 1 N–H and O–H groups in total. The second kappa shape index (κ2) is 6.89. The topological polar surface area (TPSA) is 63.6 Å². The van der Waals surface area contributed by atoms with E-state index in [0.29, 0.717) is 0 Å². The Labute approximate surface area is 142 Å². The molecule has 0 amide bonds. The maximum Gasteiger partial charge on any atom is 0.397 e. The van der Waals surface area contributed by atoms with Gasteiger partial charge in [0.05, 0.1) is 7.11 Å². The van der Waals surface area contributed by atoms with Crippen molar-refractivity contribution < 1.29 is 17.2 Å². The van der Waals surface area contributed by atoms with Crippen LogP contribution in [-0.4, -0.2) is 20.1 Å². The average Bonchev–Trinajstić information content (AvgIpc) is 2.61. The minimum absolute atomic E-state index is 0.870. The molecule has 0 saturated carbocycles. The van der Waals surface area contributed by atoms with Gasteiger partial charge in [0.15, 0.2) is 0 Å². The van der Waals surface area contributed by atoms with E-state index in [1.807, 2.05) is 0 Å². The zero-order chi connectivity index (χ0) is 17.2. The van der Waals surface area contributed by atoms with E-state index in [9.17, 15) is 8.42 Å². The molecule has 0 bridgehead atoms. The Bertz CT molecular complexity index is 977. The zero-order valence-corrected chi connectivity index (χ0v) is 14.3. The maximum atomic E-state index is 9.33. The number of hydrogen-bond acceptors (Lipinski definition) is 3. The summed E-state index contributed by atoms with van der Waals surface area (Å²) >= 11 is 0. The number of aryl methyl sites for hydroxylation is 2. The second-order valence-electron chi connectivity index (χ2n) is 5.89. The van der Waals surface area contributed by atoms with Gasteiger partial charge in [0.2, 0.25) is 0 Å². The lowest BCUT2D eigenvalue weighted by Crippen LogP contribution is -2.02. The van der Waals surface area contributed by atoms with Crippen LogP contribution in [0.5, 0.6) is 0 Å². The van der Waals surface area contributed by atoms with Gasteiger partial charge in [0.1, 0.15) is 0 Å². The van der Waals surface area contributed by atoms with E-state index in [2.05, 4.69) is 52.7 Å². The molecule has 5 heteroatoms. The Kier molecular flexibility index (Phi) is 4.85. The van der Waals surface area contributed by atoms with Gasteiger partial charge in [-0.3, -0.25) is 8.74 Å². The standard InChI is InChI=1S/C18H16.CH4O4S/c1-3-7-15-13(5-1)9-11-18-16-8-4-2-6-14(16)10-12-17(15)18;1-5-6(2,3)4/h1,3,5,7,9-12H,2,4,6,8H2;1H3,(H,2,3,4). The van der Waals surface area contributed by atoms with Crippen molar-refractivity contribution in [2.24, 2.45) is 0 Å². The van der Waals surface area contributed by atoms with Crippen LogP contribution in [0, 0.1) is 0 Å².